The number of hydrogen-bond donors (Lipinski definition) is 2. The molecular formula is C10H16N4O2. The number of hydrogen-bond acceptors (Lipinski definition) is 5. The van der Waals surface area contributed by atoms with Gasteiger partial charge in [-0.3, -0.25) is 10.1 Å². The van der Waals surface area contributed by atoms with Crippen molar-refractivity contribution in [2.45, 2.75) is 32.7 Å². The predicted molar refractivity (Wildman–Crippen MR) is 57.9 cm³/mol. The molecule has 1 amide bonds. The van der Waals surface area contributed by atoms with E-state index < -0.39 is 0 Å². The fraction of sp³-hybridized carbons (Fsp3) is 0.700. The lowest BCUT2D eigenvalue weighted by Crippen LogP contribution is -2.40. The van der Waals surface area contributed by atoms with Crippen LogP contribution in [0.1, 0.15) is 25.7 Å². The lowest BCUT2D eigenvalue weighted by Gasteiger charge is -2.26. The summed E-state index contributed by atoms with van der Waals surface area (Å²) in [5, 5.41) is 13.3. The first-order valence-electron chi connectivity index (χ1n) is 5.49. The normalized spacial score (nSPS) is 25.4. The second-order valence-electron chi connectivity index (χ2n) is 4.19. The van der Waals surface area contributed by atoms with Gasteiger partial charge in [0.25, 0.3) is 0 Å². The Hall–Kier alpha value is -1.43. The lowest BCUT2D eigenvalue weighted by molar-refractivity contribution is -0.121. The topological polar surface area (TPSA) is 80.0 Å². The van der Waals surface area contributed by atoms with Crippen molar-refractivity contribution in [2.24, 2.45) is 5.92 Å². The van der Waals surface area contributed by atoms with Crippen LogP contribution in [0, 0.1) is 12.8 Å². The van der Waals surface area contributed by atoms with Crippen molar-refractivity contribution >= 4 is 11.9 Å². The summed E-state index contributed by atoms with van der Waals surface area (Å²) < 4.78 is 5.10. The molecule has 1 aliphatic rings. The summed E-state index contributed by atoms with van der Waals surface area (Å²) >= 11 is 0. The first kappa shape index (κ1) is 11.1. The summed E-state index contributed by atoms with van der Waals surface area (Å²) in [6.07, 6.45) is 1.70. The maximum Gasteiger partial charge on any atom is 0.322 e. The van der Waals surface area contributed by atoms with Gasteiger partial charge in [0.15, 0.2) is 0 Å². The van der Waals surface area contributed by atoms with Gasteiger partial charge in [0, 0.05) is 18.9 Å². The van der Waals surface area contributed by atoms with Crippen LogP contribution in [0.5, 0.6) is 0 Å². The summed E-state index contributed by atoms with van der Waals surface area (Å²) in [5.74, 6) is 0.453. The third-order valence-electron chi connectivity index (χ3n) is 2.75. The van der Waals surface area contributed by atoms with Gasteiger partial charge in [0.2, 0.25) is 11.8 Å². The van der Waals surface area contributed by atoms with Crippen molar-refractivity contribution in [3.63, 3.8) is 0 Å². The van der Waals surface area contributed by atoms with Crippen LogP contribution < -0.4 is 10.6 Å². The van der Waals surface area contributed by atoms with Crippen molar-refractivity contribution < 1.29 is 9.21 Å². The summed E-state index contributed by atoms with van der Waals surface area (Å²) in [6.45, 7) is 4.65. The molecule has 0 spiro atoms. The van der Waals surface area contributed by atoms with Gasteiger partial charge in [-0.25, -0.2) is 0 Å². The number of nitrogens with zero attached hydrogens (tertiary/aromatic N) is 2. The van der Waals surface area contributed by atoms with Crippen molar-refractivity contribution in [1.29, 1.82) is 0 Å². The average Bonchev–Trinajstić information content (AvgIpc) is 2.64. The first-order chi connectivity index (χ1) is 7.65. The number of carbonyl (C=O) groups excluding carboxylic acids is 1. The minimum atomic E-state index is -0.0306. The second-order valence-corrected chi connectivity index (χ2v) is 4.19. The molecule has 2 heterocycles. The Morgan fingerprint density at radius 3 is 3.00 bits per heavy atom. The number of aryl methyl sites for hydroxylation is 1. The molecule has 2 atom stereocenters. The molecule has 6 heteroatoms. The van der Waals surface area contributed by atoms with E-state index >= 15 is 0 Å². The monoisotopic (exact) mass is 224 g/mol. The van der Waals surface area contributed by atoms with E-state index in [0.717, 1.165) is 19.4 Å². The highest BCUT2D eigenvalue weighted by Crippen LogP contribution is 2.18. The zero-order valence-corrected chi connectivity index (χ0v) is 9.49. The van der Waals surface area contributed by atoms with Gasteiger partial charge in [0.1, 0.15) is 0 Å². The van der Waals surface area contributed by atoms with E-state index in [0.29, 0.717) is 11.9 Å². The molecule has 0 radical (unpaired) electrons. The highest BCUT2D eigenvalue weighted by molar-refractivity contribution is 5.90. The van der Waals surface area contributed by atoms with Crippen molar-refractivity contribution in [3.05, 3.63) is 5.89 Å². The van der Waals surface area contributed by atoms with Gasteiger partial charge in [-0.2, -0.15) is 0 Å². The summed E-state index contributed by atoms with van der Waals surface area (Å²) in [4.78, 5) is 11.9. The molecule has 88 valence electrons. The van der Waals surface area contributed by atoms with E-state index in [1.807, 2.05) is 0 Å². The average molecular weight is 224 g/mol. The number of nitrogens with one attached hydrogen (secondary N) is 2. The van der Waals surface area contributed by atoms with Crippen LogP contribution in [-0.4, -0.2) is 28.7 Å². The molecule has 1 aromatic rings. The lowest BCUT2D eigenvalue weighted by atomic mass is 9.92. The maximum atomic E-state index is 11.9. The molecule has 0 aromatic carbocycles. The van der Waals surface area contributed by atoms with E-state index in [4.69, 9.17) is 4.42 Å². The summed E-state index contributed by atoms with van der Waals surface area (Å²) in [7, 11) is 0. The predicted octanol–water partition coefficient (Wildman–Crippen LogP) is 0.705. The molecule has 0 bridgehead atoms. The molecule has 0 saturated carbocycles. The Balaban J connectivity index is 1.92. The highest BCUT2D eigenvalue weighted by atomic mass is 16.4. The van der Waals surface area contributed by atoms with Crippen molar-refractivity contribution in [3.8, 4) is 0 Å². The Morgan fingerprint density at radius 2 is 2.38 bits per heavy atom. The summed E-state index contributed by atoms with van der Waals surface area (Å²) in [6, 6.07) is 0.572. The highest BCUT2D eigenvalue weighted by Gasteiger charge is 2.25. The summed E-state index contributed by atoms with van der Waals surface area (Å²) in [5.41, 5.74) is 0. The Labute approximate surface area is 93.8 Å². The minimum absolute atomic E-state index is 0.0306. The third-order valence-corrected chi connectivity index (χ3v) is 2.75. The minimum Gasteiger partial charge on any atom is -0.408 e. The van der Waals surface area contributed by atoms with Crippen LogP contribution in [-0.2, 0) is 4.79 Å². The zero-order chi connectivity index (χ0) is 11.5. The van der Waals surface area contributed by atoms with Gasteiger partial charge in [0.05, 0.1) is 0 Å². The largest absolute Gasteiger partial charge is 0.408 e. The van der Waals surface area contributed by atoms with Crippen LogP contribution in [0.2, 0.25) is 0 Å². The number of carbonyl (C=O) groups is 1. The maximum absolute atomic E-state index is 11.9. The molecule has 16 heavy (non-hydrogen) atoms. The number of rotatable bonds is 2. The van der Waals surface area contributed by atoms with Gasteiger partial charge in [-0.15, -0.1) is 5.10 Å². The van der Waals surface area contributed by atoms with Crippen LogP contribution in [0.3, 0.4) is 0 Å². The van der Waals surface area contributed by atoms with E-state index in [2.05, 4.69) is 27.8 Å². The van der Waals surface area contributed by atoms with E-state index in [1.54, 1.807) is 6.92 Å². The van der Waals surface area contributed by atoms with Gasteiger partial charge < -0.3 is 9.73 Å². The van der Waals surface area contributed by atoms with Gasteiger partial charge >= 0.3 is 6.01 Å². The quantitative estimate of drug-likeness (QED) is 0.773. The second kappa shape index (κ2) is 4.61. The van der Waals surface area contributed by atoms with E-state index in [9.17, 15) is 4.79 Å². The number of piperidine rings is 1. The van der Waals surface area contributed by atoms with Crippen molar-refractivity contribution in [2.75, 3.05) is 11.9 Å². The Morgan fingerprint density at radius 1 is 1.56 bits per heavy atom. The van der Waals surface area contributed by atoms with Gasteiger partial charge in [-0.1, -0.05) is 5.10 Å². The Bertz CT molecular complexity index is 377. The fourth-order valence-corrected chi connectivity index (χ4v) is 1.92. The molecule has 1 aliphatic heterocycles. The van der Waals surface area contributed by atoms with Crippen LogP contribution in [0.4, 0.5) is 6.01 Å². The standard InChI is InChI=1S/C10H16N4O2/c1-6-5-8(3-4-11-6)9(15)12-10-14-13-7(2)16-10/h6,8,11H,3-5H2,1-2H3,(H,12,14,15). The Kier molecular flexibility index (Phi) is 3.19. The number of aromatic nitrogens is 2. The first-order valence-corrected chi connectivity index (χ1v) is 5.49. The molecular weight excluding hydrogens is 208 g/mol. The zero-order valence-electron chi connectivity index (χ0n) is 9.49. The fourth-order valence-electron chi connectivity index (χ4n) is 1.92. The number of amides is 1. The molecule has 1 aromatic heterocycles. The molecule has 2 unspecified atom stereocenters. The van der Waals surface area contributed by atoms with Crippen LogP contribution >= 0.6 is 0 Å². The third kappa shape index (κ3) is 2.57. The molecule has 2 rings (SSSR count). The number of anilines is 1. The van der Waals surface area contributed by atoms with Gasteiger partial charge in [-0.05, 0) is 26.3 Å². The molecule has 1 fully saturated rings. The molecule has 2 N–H and O–H groups in total. The molecule has 1 saturated heterocycles. The van der Waals surface area contributed by atoms with Crippen LogP contribution in [0.15, 0.2) is 4.42 Å². The smallest absolute Gasteiger partial charge is 0.322 e. The SMILES string of the molecule is Cc1nnc(NC(=O)C2CCNC(C)C2)o1. The van der Waals surface area contributed by atoms with Crippen LogP contribution in [0.25, 0.3) is 0 Å². The van der Waals surface area contributed by atoms with E-state index in [-0.39, 0.29) is 17.8 Å². The molecule has 0 aliphatic carbocycles. The van der Waals surface area contributed by atoms with Crippen molar-refractivity contribution in [1.82, 2.24) is 15.5 Å². The molecule has 6 nitrogen and oxygen atoms in total. The van der Waals surface area contributed by atoms with E-state index in [1.165, 1.54) is 0 Å².